The molecule has 0 aromatic carbocycles. The molecule has 39 heavy (non-hydrogen) atoms. The third-order valence-corrected chi connectivity index (χ3v) is 19.9. The van der Waals surface area contributed by atoms with Crippen LogP contribution in [0.3, 0.4) is 0 Å². The second-order valence-electron chi connectivity index (χ2n) is 15.8. The first-order chi connectivity index (χ1) is 18.0. The second kappa shape index (κ2) is 12.4. The summed E-state index contributed by atoms with van der Waals surface area (Å²) in [5, 5.41) is 0.270. The molecular formula is C33H60O4Si2. The van der Waals surface area contributed by atoms with E-state index in [0.29, 0.717) is 18.9 Å². The standard InChI is InChI=1S/C33H60O4Si2/c1-12-13-23-35-33-22-21-29(37-39(10,11)32(5,6)7)26(27(33)24-30(33)34)19-20-28(25-17-15-14-16-18-25)36-38(8,9)31(2,3)4/h25-29H,12-18,21-24H2,1-11H3/t26-,27-,28+,29-,33-/m0/s1. The lowest BCUT2D eigenvalue weighted by Crippen LogP contribution is -2.66. The summed E-state index contributed by atoms with van der Waals surface area (Å²) < 4.78 is 20.6. The van der Waals surface area contributed by atoms with Crippen LogP contribution in [0.1, 0.15) is 113 Å². The number of fused-ring (bicyclic) bond motifs is 1. The van der Waals surface area contributed by atoms with Gasteiger partial charge >= 0.3 is 0 Å². The lowest BCUT2D eigenvalue weighted by atomic mass is 9.55. The van der Waals surface area contributed by atoms with E-state index in [1.54, 1.807) is 0 Å². The summed E-state index contributed by atoms with van der Waals surface area (Å²) in [4.78, 5) is 13.1. The van der Waals surface area contributed by atoms with Gasteiger partial charge in [-0.2, -0.15) is 0 Å². The fourth-order valence-electron chi connectivity index (χ4n) is 6.04. The molecule has 0 unspecified atom stereocenters. The highest BCUT2D eigenvalue weighted by atomic mass is 28.4. The van der Waals surface area contributed by atoms with Gasteiger partial charge in [0.05, 0.1) is 12.0 Å². The summed E-state index contributed by atoms with van der Waals surface area (Å²) in [7, 11) is -3.99. The van der Waals surface area contributed by atoms with Crippen molar-refractivity contribution < 1.29 is 18.4 Å². The molecule has 0 aliphatic heterocycles. The molecule has 224 valence electrons. The van der Waals surface area contributed by atoms with Gasteiger partial charge in [0.2, 0.25) is 0 Å². The van der Waals surface area contributed by atoms with Gasteiger partial charge in [-0.15, -0.1) is 0 Å². The van der Waals surface area contributed by atoms with E-state index >= 15 is 0 Å². The molecule has 0 saturated heterocycles. The van der Waals surface area contributed by atoms with Gasteiger partial charge in [0.25, 0.3) is 0 Å². The summed E-state index contributed by atoms with van der Waals surface area (Å²) in [5.74, 6) is 8.47. The SMILES string of the molecule is CCCCO[C@@]12CC[C@H](O[Si](C)(C)C(C)(C)C)[C@@H](C#C[C@@H](O[Si](C)(C)C(C)(C)C)C3CCCCC3)[C@@H]1CC2=O. The van der Waals surface area contributed by atoms with Crippen molar-refractivity contribution in [3.8, 4) is 11.8 Å². The maximum Gasteiger partial charge on any atom is 0.193 e. The molecule has 0 N–H and O–H groups in total. The van der Waals surface area contributed by atoms with Gasteiger partial charge in [-0.3, -0.25) is 4.79 Å². The van der Waals surface area contributed by atoms with Crippen molar-refractivity contribution in [1.29, 1.82) is 0 Å². The van der Waals surface area contributed by atoms with E-state index in [1.165, 1.54) is 32.1 Å². The highest BCUT2D eigenvalue weighted by Crippen LogP contribution is 2.53. The van der Waals surface area contributed by atoms with E-state index in [4.69, 9.17) is 13.6 Å². The van der Waals surface area contributed by atoms with Gasteiger partial charge in [0.15, 0.2) is 22.4 Å². The van der Waals surface area contributed by atoms with Crippen molar-refractivity contribution in [3.05, 3.63) is 0 Å². The minimum atomic E-state index is -2.00. The third-order valence-electron chi connectivity index (χ3n) is 10.9. The number of carbonyl (C=O) groups excluding carboxylic acids is 1. The molecule has 3 aliphatic carbocycles. The quantitative estimate of drug-likeness (QED) is 0.156. The Bertz CT molecular complexity index is 897. The lowest BCUT2D eigenvalue weighted by molar-refractivity contribution is -0.197. The van der Waals surface area contributed by atoms with Gasteiger partial charge in [0, 0.05) is 18.9 Å². The summed E-state index contributed by atoms with van der Waals surface area (Å²) in [6.45, 7) is 26.1. The molecule has 3 aliphatic rings. The van der Waals surface area contributed by atoms with Gasteiger partial charge in [-0.1, -0.05) is 86.0 Å². The molecule has 3 rings (SSSR count). The molecule has 0 amide bonds. The zero-order chi connectivity index (χ0) is 29.3. The fourth-order valence-corrected chi connectivity index (χ4v) is 8.66. The molecule has 0 aromatic rings. The number of carbonyl (C=O) groups is 1. The van der Waals surface area contributed by atoms with E-state index in [1.807, 2.05) is 0 Å². The predicted octanol–water partition coefficient (Wildman–Crippen LogP) is 8.91. The average molecular weight is 577 g/mol. The van der Waals surface area contributed by atoms with Crippen LogP contribution in [0.2, 0.25) is 36.3 Å². The van der Waals surface area contributed by atoms with Crippen LogP contribution in [0.4, 0.5) is 0 Å². The Balaban J connectivity index is 1.97. The van der Waals surface area contributed by atoms with Crippen LogP contribution in [-0.2, 0) is 18.4 Å². The summed E-state index contributed by atoms with van der Waals surface area (Å²) >= 11 is 0. The van der Waals surface area contributed by atoms with E-state index in [-0.39, 0.29) is 39.9 Å². The van der Waals surface area contributed by atoms with Crippen molar-refractivity contribution >= 4 is 22.4 Å². The maximum absolute atomic E-state index is 13.1. The number of rotatable bonds is 9. The first kappa shape index (κ1) is 33.1. The van der Waals surface area contributed by atoms with E-state index < -0.39 is 22.2 Å². The van der Waals surface area contributed by atoms with Crippen molar-refractivity contribution in [2.75, 3.05) is 6.61 Å². The predicted molar refractivity (Wildman–Crippen MR) is 168 cm³/mol. The van der Waals surface area contributed by atoms with Crippen LogP contribution in [0.25, 0.3) is 0 Å². The van der Waals surface area contributed by atoms with Crippen LogP contribution >= 0.6 is 0 Å². The monoisotopic (exact) mass is 576 g/mol. The number of ether oxygens (including phenoxy) is 1. The average Bonchev–Trinajstić information content (AvgIpc) is 2.82. The van der Waals surface area contributed by atoms with Crippen LogP contribution in [0.5, 0.6) is 0 Å². The minimum absolute atomic E-state index is 0.0151. The molecule has 5 atom stereocenters. The van der Waals surface area contributed by atoms with Gasteiger partial charge in [-0.05, 0) is 74.3 Å². The van der Waals surface area contributed by atoms with Gasteiger partial charge in [0.1, 0.15) is 11.7 Å². The Labute approximate surface area is 243 Å². The number of unbranched alkanes of at least 4 members (excludes halogenated alkanes) is 1. The zero-order valence-electron chi connectivity index (χ0n) is 27.3. The largest absolute Gasteiger partial charge is 0.413 e. The molecule has 0 heterocycles. The van der Waals surface area contributed by atoms with Crippen molar-refractivity contribution in [2.24, 2.45) is 17.8 Å². The molecule has 3 fully saturated rings. The normalized spacial score (nSPS) is 29.7. The zero-order valence-corrected chi connectivity index (χ0v) is 29.3. The molecule has 3 saturated carbocycles. The van der Waals surface area contributed by atoms with E-state index in [2.05, 4.69) is 86.5 Å². The second-order valence-corrected chi connectivity index (χ2v) is 25.3. The Kier molecular flexibility index (Phi) is 10.5. The summed E-state index contributed by atoms with van der Waals surface area (Å²) in [6, 6.07) is 0. The Morgan fingerprint density at radius 1 is 0.949 bits per heavy atom. The highest BCUT2D eigenvalue weighted by Gasteiger charge is 2.63. The van der Waals surface area contributed by atoms with Gasteiger partial charge < -0.3 is 13.6 Å². The van der Waals surface area contributed by atoms with E-state index in [9.17, 15) is 4.79 Å². The number of hydrogen-bond acceptors (Lipinski definition) is 4. The Morgan fingerprint density at radius 2 is 1.56 bits per heavy atom. The van der Waals surface area contributed by atoms with Gasteiger partial charge in [-0.25, -0.2) is 0 Å². The topological polar surface area (TPSA) is 44.8 Å². The molecule has 6 heteroatoms. The Morgan fingerprint density at radius 3 is 2.10 bits per heavy atom. The molecule has 0 bridgehead atoms. The molecular weight excluding hydrogens is 517 g/mol. The first-order valence-corrected chi connectivity index (χ1v) is 21.8. The van der Waals surface area contributed by atoms with Crippen molar-refractivity contribution in [2.45, 2.75) is 167 Å². The van der Waals surface area contributed by atoms with E-state index in [0.717, 1.165) is 25.7 Å². The van der Waals surface area contributed by atoms with Crippen molar-refractivity contribution in [1.82, 2.24) is 0 Å². The number of ketones is 1. The summed E-state index contributed by atoms with van der Waals surface area (Å²) in [5.41, 5.74) is -0.650. The minimum Gasteiger partial charge on any atom is -0.413 e. The van der Waals surface area contributed by atoms with Crippen LogP contribution in [-0.4, -0.2) is 46.8 Å². The molecule has 0 spiro atoms. The molecule has 0 aromatic heterocycles. The number of hydrogen-bond donors (Lipinski definition) is 0. The van der Waals surface area contributed by atoms with Crippen LogP contribution in [0.15, 0.2) is 0 Å². The maximum atomic E-state index is 13.1. The third kappa shape index (κ3) is 7.31. The lowest BCUT2D eigenvalue weighted by Gasteiger charge is -2.56. The molecule has 0 radical (unpaired) electrons. The first-order valence-electron chi connectivity index (χ1n) is 16.0. The van der Waals surface area contributed by atoms with Crippen LogP contribution in [0, 0.1) is 29.6 Å². The highest BCUT2D eigenvalue weighted by molar-refractivity contribution is 6.74. The Hall–Kier alpha value is -0.456. The number of Topliss-reactive ketones (excluding diaryl/α,β-unsaturated/α-hetero) is 1. The van der Waals surface area contributed by atoms with Crippen LogP contribution < -0.4 is 0 Å². The molecule has 4 nitrogen and oxygen atoms in total. The van der Waals surface area contributed by atoms with Crippen molar-refractivity contribution in [3.63, 3.8) is 0 Å². The smallest absolute Gasteiger partial charge is 0.193 e. The fraction of sp³-hybridized carbons (Fsp3) is 0.909. The summed E-state index contributed by atoms with van der Waals surface area (Å²) in [6.07, 6.45) is 10.5.